The van der Waals surface area contributed by atoms with E-state index in [1.54, 1.807) is 0 Å². The minimum Gasteiger partial charge on any atom is -0.254 e. The summed E-state index contributed by atoms with van der Waals surface area (Å²) < 4.78 is 28.1. The first-order valence-electron chi connectivity index (χ1n) is 9.54. The monoisotopic (exact) mass is 366 g/mol. The van der Waals surface area contributed by atoms with Gasteiger partial charge in [-0.05, 0) is 47.3 Å². The van der Waals surface area contributed by atoms with Gasteiger partial charge in [0.1, 0.15) is 0 Å². The van der Waals surface area contributed by atoms with Crippen LogP contribution in [0.4, 0.5) is 0 Å². The maximum atomic E-state index is 13.5. The van der Waals surface area contributed by atoms with Gasteiger partial charge in [-0.25, -0.2) is 8.42 Å². The first kappa shape index (κ1) is 20.4. The number of sulfonamides is 1. The van der Waals surface area contributed by atoms with Gasteiger partial charge in [-0.2, -0.15) is 0 Å². The van der Waals surface area contributed by atoms with Gasteiger partial charge in [-0.1, -0.05) is 66.5 Å². The van der Waals surface area contributed by atoms with Gasteiger partial charge >= 0.3 is 0 Å². The molecule has 0 aromatic heterocycles. The fraction of sp³-hybridized carbons (Fsp3) is 0.700. The molecular formula is C20H34N2O2S. The second-order valence-corrected chi connectivity index (χ2v) is 10.0. The van der Waals surface area contributed by atoms with Crippen molar-refractivity contribution in [1.82, 2.24) is 4.41 Å². The van der Waals surface area contributed by atoms with E-state index >= 15 is 0 Å². The highest BCUT2D eigenvalue weighted by atomic mass is 32.2. The highest BCUT2D eigenvalue weighted by molar-refractivity contribution is 7.89. The van der Waals surface area contributed by atoms with Crippen molar-refractivity contribution in [3.05, 3.63) is 28.8 Å². The van der Waals surface area contributed by atoms with Crippen molar-refractivity contribution in [2.75, 3.05) is 0 Å². The van der Waals surface area contributed by atoms with E-state index < -0.39 is 10.0 Å². The largest absolute Gasteiger partial charge is 0.256 e. The molecular weight excluding hydrogens is 332 g/mol. The van der Waals surface area contributed by atoms with Gasteiger partial charge in [0, 0.05) is 6.04 Å². The van der Waals surface area contributed by atoms with Crippen LogP contribution in [0.25, 0.3) is 0 Å². The lowest BCUT2D eigenvalue weighted by Gasteiger charge is -2.28. The van der Waals surface area contributed by atoms with Crippen LogP contribution in [0.3, 0.4) is 0 Å². The number of rotatable bonds is 6. The Hall–Kier alpha value is -0.910. The third-order valence-corrected chi connectivity index (χ3v) is 7.14. The van der Waals surface area contributed by atoms with Gasteiger partial charge in [0.2, 0.25) is 0 Å². The van der Waals surface area contributed by atoms with E-state index in [4.69, 9.17) is 5.84 Å². The molecule has 2 N–H and O–H groups in total. The molecule has 1 aromatic rings. The highest BCUT2D eigenvalue weighted by Crippen LogP contribution is 2.37. The minimum atomic E-state index is -3.71. The third kappa shape index (κ3) is 4.09. The summed E-state index contributed by atoms with van der Waals surface area (Å²) in [6.45, 7) is 12.5. The lowest BCUT2D eigenvalue weighted by atomic mass is 9.89. The van der Waals surface area contributed by atoms with E-state index in [1.165, 1.54) is 5.56 Å². The van der Waals surface area contributed by atoms with Crippen molar-refractivity contribution >= 4 is 10.0 Å². The zero-order chi connectivity index (χ0) is 18.9. The van der Waals surface area contributed by atoms with Crippen LogP contribution < -0.4 is 5.84 Å². The molecule has 1 fully saturated rings. The van der Waals surface area contributed by atoms with Crippen LogP contribution >= 0.6 is 0 Å². The van der Waals surface area contributed by atoms with Crippen LogP contribution in [0.15, 0.2) is 17.0 Å². The molecule has 5 heteroatoms. The molecule has 142 valence electrons. The number of hydrogen-bond donors (Lipinski definition) is 1. The number of hydrazine groups is 1. The Morgan fingerprint density at radius 2 is 1.36 bits per heavy atom. The summed E-state index contributed by atoms with van der Waals surface area (Å²) in [6, 6.07) is 4.06. The first-order valence-corrected chi connectivity index (χ1v) is 11.0. The predicted molar refractivity (Wildman–Crippen MR) is 104 cm³/mol. The Morgan fingerprint density at radius 3 is 1.72 bits per heavy atom. The summed E-state index contributed by atoms with van der Waals surface area (Å²) in [4.78, 5) is 0.441. The van der Waals surface area contributed by atoms with E-state index in [9.17, 15) is 8.42 Å². The predicted octanol–water partition coefficient (Wildman–Crippen LogP) is 4.86. The second kappa shape index (κ2) is 7.77. The quantitative estimate of drug-likeness (QED) is 0.577. The molecule has 1 saturated carbocycles. The van der Waals surface area contributed by atoms with Crippen molar-refractivity contribution < 1.29 is 8.42 Å². The van der Waals surface area contributed by atoms with Gasteiger partial charge in [-0.15, -0.1) is 4.41 Å². The third-order valence-electron chi connectivity index (χ3n) is 5.30. The lowest BCUT2D eigenvalue weighted by molar-refractivity contribution is 0.331. The van der Waals surface area contributed by atoms with E-state index in [2.05, 4.69) is 53.7 Å². The Kier molecular flexibility index (Phi) is 6.34. The molecule has 0 heterocycles. The molecule has 0 atom stereocenters. The van der Waals surface area contributed by atoms with Crippen molar-refractivity contribution in [3.63, 3.8) is 0 Å². The van der Waals surface area contributed by atoms with Crippen LogP contribution in [-0.2, 0) is 10.0 Å². The smallest absolute Gasteiger partial charge is 0.254 e. The SMILES string of the molecule is CC(C)c1cc(C(C)C)c(S(=O)(=O)N(N)C2CCCC2)c(C(C)C)c1. The number of hydrogen-bond acceptors (Lipinski definition) is 3. The Balaban J connectivity index is 2.68. The molecule has 0 radical (unpaired) electrons. The highest BCUT2D eigenvalue weighted by Gasteiger charge is 2.35. The topological polar surface area (TPSA) is 63.4 Å². The second-order valence-electron chi connectivity index (χ2n) is 8.27. The van der Waals surface area contributed by atoms with E-state index in [-0.39, 0.29) is 17.9 Å². The average Bonchev–Trinajstić information content (AvgIpc) is 3.06. The van der Waals surface area contributed by atoms with Crippen LogP contribution in [0, 0.1) is 0 Å². The molecule has 25 heavy (non-hydrogen) atoms. The minimum absolute atomic E-state index is 0.0743. The molecule has 0 aliphatic heterocycles. The number of benzene rings is 1. The van der Waals surface area contributed by atoms with Crippen molar-refractivity contribution in [1.29, 1.82) is 0 Å². The van der Waals surface area contributed by atoms with E-state index in [0.717, 1.165) is 41.2 Å². The van der Waals surface area contributed by atoms with Crippen LogP contribution in [0.5, 0.6) is 0 Å². The molecule has 0 saturated heterocycles. The van der Waals surface area contributed by atoms with Gasteiger partial charge in [-0.3, -0.25) is 5.84 Å². The maximum Gasteiger partial charge on any atom is 0.256 e. The van der Waals surface area contributed by atoms with E-state index in [1.807, 2.05) is 0 Å². The van der Waals surface area contributed by atoms with E-state index in [0.29, 0.717) is 10.8 Å². The van der Waals surface area contributed by atoms with Gasteiger partial charge < -0.3 is 0 Å². The zero-order valence-corrected chi connectivity index (χ0v) is 17.4. The molecule has 2 rings (SSSR count). The Morgan fingerprint density at radius 1 is 0.920 bits per heavy atom. The van der Waals surface area contributed by atoms with Crippen molar-refractivity contribution in [2.45, 2.75) is 95.9 Å². The molecule has 0 bridgehead atoms. The number of nitrogens with two attached hydrogens (primary N) is 1. The number of nitrogens with zero attached hydrogens (tertiary/aromatic N) is 1. The van der Waals surface area contributed by atoms with Crippen molar-refractivity contribution in [2.24, 2.45) is 5.84 Å². The molecule has 0 spiro atoms. The summed E-state index contributed by atoms with van der Waals surface area (Å²) in [7, 11) is -3.71. The molecule has 1 aromatic carbocycles. The zero-order valence-electron chi connectivity index (χ0n) is 16.5. The van der Waals surface area contributed by atoms with Crippen molar-refractivity contribution in [3.8, 4) is 0 Å². The van der Waals surface area contributed by atoms with Gasteiger partial charge in [0.05, 0.1) is 4.90 Å². The molecule has 0 amide bonds. The van der Waals surface area contributed by atoms with Crippen LogP contribution in [0.1, 0.15) is 102 Å². The standard InChI is InChI=1S/C20H34N2O2S/c1-13(2)16-11-18(14(3)4)20(19(12-16)15(5)6)25(23,24)22(21)17-9-7-8-10-17/h11-15,17H,7-10,21H2,1-6H3. The summed E-state index contributed by atoms with van der Waals surface area (Å²) in [5.74, 6) is 6.77. The van der Waals surface area contributed by atoms with Crippen LogP contribution in [0.2, 0.25) is 0 Å². The summed E-state index contributed by atoms with van der Waals surface area (Å²) in [6.07, 6.45) is 3.81. The molecule has 1 aliphatic rings. The van der Waals surface area contributed by atoms with Crippen LogP contribution in [-0.4, -0.2) is 18.9 Å². The maximum absolute atomic E-state index is 13.5. The Labute approximate surface area is 153 Å². The Bertz CT molecular complexity index is 673. The average molecular weight is 367 g/mol. The molecule has 0 unspecified atom stereocenters. The fourth-order valence-corrected chi connectivity index (χ4v) is 5.65. The van der Waals surface area contributed by atoms with Gasteiger partial charge in [0.25, 0.3) is 10.0 Å². The first-order chi connectivity index (χ1) is 11.6. The normalized spacial score (nSPS) is 16.8. The summed E-state index contributed by atoms with van der Waals surface area (Å²) in [5.41, 5.74) is 2.97. The molecule has 1 aliphatic carbocycles. The van der Waals surface area contributed by atoms with Gasteiger partial charge in [0.15, 0.2) is 0 Å². The molecule has 4 nitrogen and oxygen atoms in total. The fourth-order valence-electron chi connectivity index (χ4n) is 3.65. The summed E-state index contributed by atoms with van der Waals surface area (Å²) in [5, 5.41) is 0. The summed E-state index contributed by atoms with van der Waals surface area (Å²) >= 11 is 0. The lowest BCUT2D eigenvalue weighted by Crippen LogP contribution is -2.45.